The normalized spacial score (nSPS) is 15.7. The van der Waals surface area contributed by atoms with Crippen LogP contribution in [0.25, 0.3) is 0 Å². The van der Waals surface area contributed by atoms with E-state index in [-0.39, 0.29) is 0 Å². The third-order valence-electron chi connectivity index (χ3n) is 3.16. The summed E-state index contributed by atoms with van der Waals surface area (Å²) in [6.07, 6.45) is 8.02. The van der Waals surface area contributed by atoms with E-state index in [2.05, 4.69) is 20.8 Å². The van der Waals surface area contributed by atoms with Crippen LogP contribution in [0.15, 0.2) is 0 Å². The van der Waals surface area contributed by atoms with Gasteiger partial charge in [0.1, 0.15) is 0 Å². The van der Waals surface area contributed by atoms with E-state index < -0.39 is 0 Å². The highest BCUT2D eigenvalue weighted by Gasteiger charge is 2.13. The Morgan fingerprint density at radius 3 is 2.23 bits per heavy atom. The van der Waals surface area contributed by atoms with Gasteiger partial charge in [-0.15, -0.1) is 0 Å². The van der Waals surface area contributed by atoms with E-state index >= 15 is 0 Å². The zero-order valence-electron chi connectivity index (χ0n) is 9.68. The molecule has 0 aromatic carbocycles. The van der Waals surface area contributed by atoms with Crippen LogP contribution in [0.4, 0.5) is 0 Å². The van der Waals surface area contributed by atoms with Crippen molar-refractivity contribution in [1.82, 2.24) is 0 Å². The minimum absolute atomic E-state index is 0.861. The monoisotopic (exact) mass is 185 g/mol. The molecular formula is C12H27N. The first kappa shape index (κ1) is 13.0. The van der Waals surface area contributed by atoms with Crippen LogP contribution in [0.3, 0.4) is 0 Å². The Kier molecular flexibility index (Phi) is 8.53. The van der Waals surface area contributed by atoms with Crippen LogP contribution in [0, 0.1) is 11.8 Å². The van der Waals surface area contributed by atoms with Crippen LogP contribution in [0.5, 0.6) is 0 Å². The van der Waals surface area contributed by atoms with Crippen molar-refractivity contribution in [3.8, 4) is 0 Å². The molecule has 13 heavy (non-hydrogen) atoms. The molecule has 2 N–H and O–H groups in total. The fourth-order valence-corrected chi connectivity index (χ4v) is 1.92. The minimum atomic E-state index is 0.861. The van der Waals surface area contributed by atoms with E-state index in [4.69, 9.17) is 5.73 Å². The number of unbranched alkanes of at least 4 members (excludes halogenated alkanes) is 2. The Balaban J connectivity index is 3.65. The van der Waals surface area contributed by atoms with Crippen LogP contribution in [0.1, 0.15) is 59.3 Å². The van der Waals surface area contributed by atoms with E-state index in [0.717, 1.165) is 18.4 Å². The summed E-state index contributed by atoms with van der Waals surface area (Å²) in [6.45, 7) is 7.78. The standard InChI is InChI=1S/C12H27N/c1-4-6-7-8-12(9-10-13)11(3)5-2/h11-12H,4-10,13H2,1-3H3. The molecule has 0 saturated carbocycles. The molecule has 0 saturated heterocycles. The van der Waals surface area contributed by atoms with Crippen molar-refractivity contribution in [2.45, 2.75) is 59.3 Å². The molecule has 80 valence electrons. The van der Waals surface area contributed by atoms with Gasteiger partial charge in [0.15, 0.2) is 0 Å². The first-order valence-electron chi connectivity index (χ1n) is 5.96. The van der Waals surface area contributed by atoms with Crippen molar-refractivity contribution in [3.63, 3.8) is 0 Å². The van der Waals surface area contributed by atoms with Crippen molar-refractivity contribution in [2.75, 3.05) is 6.54 Å². The number of rotatable bonds is 8. The van der Waals surface area contributed by atoms with Gasteiger partial charge in [-0.2, -0.15) is 0 Å². The Hall–Kier alpha value is -0.0400. The predicted octanol–water partition coefficient (Wildman–Crippen LogP) is 3.58. The first-order chi connectivity index (χ1) is 6.26. The topological polar surface area (TPSA) is 26.0 Å². The average molecular weight is 185 g/mol. The fraction of sp³-hybridized carbons (Fsp3) is 1.00. The molecule has 0 aliphatic heterocycles. The molecule has 0 aromatic heterocycles. The molecule has 1 nitrogen and oxygen atoms in total. The molecule has 0 aliphatic carbocycles. The van der Waals surface area contributed by atoms with Gasteiger partial charge in [-0.3, -0.25) is 0 Å². The van der Waals surface area contributed by atoms with Gasteiger partial charge in [-0.05, 0) is 24.8 Å². The van der Waals surface area contributed by atoms with Gasteiger partial charge >= 0.3 is 0 Å². The van der Waals surface area contributed by atoms with Crippen molar-refractivity contribution in [3.05, 3.63) is 0 Å². The highest BCUT2D eigenvalue weighted by molar-refractivity contribution is 4.66. The molecule has 0 rings (SSSR count). The maximum Gasteiger partial charge on any atom is -0.00745 e. The molecule has 0 heterocycles. The van der Waals surface area contributed by atoms with E-state index in [1.807, 2.05) is 0 Å². The minimum Gasteiger partial charge on any atom is -0.330 e. The van der Waals surface area contributed by atoms with Crippen LogP contribution in [-0.4, -0.2) is 6.54 Å². The zero-order chi connectivity index (χ0) is 10.1. The number of hydrogen-bond donors (Lipinski definition) is 1. The Morgan fingerprint density at radius 1 is 1.08 bits per heavy atom. The molecule has 0 amide bonds. The van der Waals surface area contributed by atoms with Crippen molar-refractivity contribution in [1.29, 1.82) is 0 Å². The SMILES string of the molecule is CCCCCC(CCN)C(C)CC. The summed E-state index contributed by atoms with van der Waals surface area (Å²) in [4.78, 5) is 0. The first-order valence-corrected chi connectivity index (χ1v) is 5.96. The molecule has 2 unspecified atom stereocenters. The lowest BCUT2D eigenvalue weighted by Gasteiger charge is -2.22. The van der Waals surface area contributed by atoms with Crippen LogP contribution in [-0.2, 0) is 0 Å². The van der Waals surface area contributed by atoms with Crippen molar-refractivity contribution < 1.29 is 0 Å². The molecule has 0 spiro atoms. The van der Waals surface area contributed by atoms with E-state index in [0.29, 0.717) is 0 Å². The molecule has 0 aromatic rings. The van der Waals surface area contributed by atoms with Gasteiger partial charge in [0.2, 0.25) is 0 Å². The summed E-state index contributed by atoms with van der Waals surface area (Å²) in [5.41, 5.74) is 5.63. The summed E-state index contributed by atoms with van der Waals surface area (Å²) in [5, 5.41) is 0. The Morgan fingerprint density at radius 2 is 1.77 bits per heavy atom. The Bertz CT molecular complexity index is 101. The largest absolute Gasteiger partial charge is 0.330 e. The second-order valence-corrected chi connectivity index (χ2v) is 4.22. The third kappa shape index (κ3) is 6.09. The van der Waals surface area contributed by atoms with Gasteiger partial charge < -0.3 is 5.73 Å². The fourth-order valence-electron chi connectivity index (χ4n) is 1.92. The van der Waals surface area contributed by atoms with Gasteiger partial charge in [0.05, 0.1) is 0 Å². The zero-order valence-corrected chi connectivity index (χ0v) is 9.68. The molecule has 0 aliphatic rings. The lowest BCUT2D eigenvalue weighted by Crippen LogP contribution is -2.15. The van der Waals surface area contributed by atoms with E-state index in [1.165, 1.54) is 38.5 Å². The summed E-state index contributed by atoms with van der Waals surface area (Å²) in [6, 6.07) is 0. The van der Waals surface area contributed by atoms with Crippen LogP contribution < -0.4 is 5.73 Å². The summed E-state index contributed by atoms with van der Waals surface area (Å²) in [5.74, 6) is 1.74. The number of hydrogen-bond acceptors (Lipinski definition) is 1. The molecular weight excluding hydrogens is 158 g/mol. The quantitative estimate of drug-likeness (QED) is 0.575. The Labute approximate surface area is 84.1 Å². The third-order valence-corrected chi connectivity index (χ3v) is 3.16. The van der Waals surface area contributed by atoms with Gasteiger partial charge in [-0.1, -0.05) is 52.9 Å². The smallest absolute Gasteiger partial charge is 0.00745 e. The van der Waals surface area contributed by atoms with Crippen LogP contribution >= 0.6 is 0 Å². The number of nitrogens with two attached hydrogens (primary N) is 1. The highest BCUT2D eigenvalue weighted by atomic mass is 14.5. The molecule has 0 bridgehead atoms. The lowest BCUT2D eigenvalue weighted by molar-refractivity contribution is 0.302. The second-order valence-electron chi connectivity index (χ2n) is 4.22. The maximum absolute atomic E-state index is 5.63. The van der Waals surface area contributed by atoms with Crippen molar-refractivity contribution in [2.24, 2.45) is 17.6 Å². The van der Waals surface area contributed by atoms with E-state index in [1.54, 1.807) is 0 Å². The van der Waals surface area contributed by atoms with Crippen LogP contribution in [0.2, 0.25) is 0 Å². The lowest BCUT2D eigenvalue weighted by atomic mass is 9.85. The molecule has 1 heteroatoms. The summed E-state index contributed by atoms with van der Waals surface area (Å²) >= 11 is 0. The average Bonchev–Trinajstić information content (AvgIpc) is 2.16. The molecule has 0 radical (unpaired) electrons. The summed E-state index contributed by atoms with van der Waals surface area (Å²) < 4.78 is 0. The van der Waals surface area contributed by atoms with Crippen molar-refractivity contribution >= 4 is 0 Å². The maximum atomic E-state index is 5.63. The van der Waals surface area contributed by atoms with Gasteiger partial charge in [-0.25, -0.2) is 0 Å². The van der Waals surface area contributed by atoms with Gasteiger partial charge in [0.25, 0.3) is 0 Å². The summed E-state index contributed by atoms with van der Waals surface area (Å²) in [7, 11) is 0. The van der Waals surface area contributed by atoms with Gasteiger partial charge in [0, 0.05) is 0 Å². The molecule has 0 fully saturated rings. The predicted molar refractivity (Wildman–Crippen MR) is 60.8 cm³/mol. The molecule has 2 atom stereocenters. The van der Waals surface area contributed by atoms with E-state index in [9.17, 15) is 0 Å². The second kappa shape index (κ2) is 8.55. The highest BCUT2D eigenvalue weighted by Crippen LogP contribution is 2.24.